The van der Waals surface area contributed by atoms with E-state index < -0.39 is 0 Å². The van der Waals surface area contributed by atoms with Gasteiger partial charge in [0.15, 0.2) is 0 Å². The van der Waals surface area contributed by atoms with Crippen LogP contribution in [-0.4, -0.2) is 16.8 Å². The fourth-order valence-corrected chi connectivity index (χ4v) is 3.79. The van der Waals surface area contributed by atoms with Crippen LogP contribution in [0.5, 0.6) is 0 Å². The van der Waals surface area contributed by atoms with E-state index in [1.807, 2.05) is 7.05 Å². The van der Waals surface area contributed by atoms with Gasteiger partial charge in [0.2, 0.25) is 0 Å². The van der Waals surface area contributed by atoms with Crippen molar-refractivity contribution in [2.45, 2.75) is 32.9 Å². The van der Waals surface area contributed by atoms with Gasteiger partial charge in [-0.1, -0.05) is 6.92 Å². The van der Waals surface area contributed by atoms with Crippen LogP contribution in [0.15, 0.2) is 22.0 Å². The van der Waals surface area contributed by atoms with E-state index in [-0.39, 0.29) is 6.04 Å². The predicted octanol–water partition coefficient (Wildman–Crippen LogP) is 3.60. The predicted molar refractivity (Wildman–Crippen MR) is 80.2 cm³/mol. The van der Waals surface area contributed by atoms with Crippen molar-refractivity contribution in [1.29, 1.82) is 0 Å². The minimum absolute atomic E-state index is 0.201. The third-order valence-corrected chi connectivity index (χ3v) is 4.95. The lowest BCUT2D eigenvalue weighted by atomic mass is 10.1. The van der Waals surface area contributed by atoms with Crippen molar-refractivity contribution in [3.8, 4) is 0 Å². The van der Waals surface area contributed by atoms with Gasteiger partial charge in [-0.15, -0.1) is 11.3 Å². The zero-order valence-corrected chi connectivity index (χ0v) is 13.3. The Morgan fingerprint density at radius 3 is 2.78 bits per heavy atom. The summed E-state index contributed by atoms with van der Waals surface area (Å²) in [5.41, 5.74) is 2.39. The maximum absolute atomic E-state index is 4.62. The molecule has 0 spiro atoms. The Labute approximate surface area is 120 Å². The molecule has 0 fully saturated rings. The smallest absolute Gasteiger partial charge is 0.0850 e. The summed E-state index contributed by atoms with van der Waals surface area (Å²) in [7, 11) is 2.00. The molecule has 1 atom stereocenters. The van der Waals surface area contributed by atoms with Crippen LogP contribution in [0.4, 0.5) is 0 Å². The standard InChI is InChI=1S/C13H18BrN3S/c1-4-9-8-11(17(5-2)16-9)12(15-3)13-10(14)6-7-18-13/h6-8,12,15H,4-5H2,1-3H3. The molecule has 0 amide bonds. The number of nitrogens with zero attached hydrogens (tertiary/aromatic N) is 2. The van der Waals surface area contributed by atoms with Gasteiger partial charge in [0.05, 0.1) is 17.4 Å². The third kappa shape index (κ3) is 2.53. The number of rotatable bonds is 5. The van der Waals surface area contributed by atoms with Crippen LogP contribution in [0.25, 0.3) is 0 Å². The van der Waals surface area contributed by atoms with Gasteiger partial charge in [0.1, 0.15) is 0 Å². The first-order chi connectivity index (χ1) is 8.71. The van der Waals surface area contributed by atoms with Gasteiger partial charge in [-0.3, -0.25) is 4.68 Å². The molecule has 0 aliphatic carbocycles. The molecule has 0 aliphatic rings. The zero-order chi connectivity index (χ0) is 13.1. The summed E-state index contributed by atoms with van der Waals surface area (Å²) < 4.78 is 3.25. The molecule has 3 nitrogen and oxygen atoms in total. The summed E-state index contributed by atoms with van der Waals surface area (Å²) in [4.78, 5) is 1.30. The van der Waals surface area contributed by atoms with Gasteiger partial charge in [0.25, 0.3) is 0 Å². The molecule has 0 radical (unpaired) electrons. The highest BCUT2D eigenvalue weighted by Crippen LogP contribution is 2.33. The first kappa shape index (κ1) is 13.8. The molecule has 5 heteroatoms. The summed E-state index contributed by atoms with van der Waals surface area (Å²) in [6, 6.07) is 4.50. The molecule has 0 aromatic carbocycles. The van der Waals surface area contributed by atoms with Gasteiger partial charge in [-0.2, -0.15) is 5.10 Å². The van der Waals surface area contributed by atoms with Crippen molar-refractivity contribution < 1.29 is 0 Å². The Kier molecular flexibility index (Phi) is 4.59. The number of halogens is 1. The summed E-state index contributed by atoms with van der Waals surface area (Å²) >= 11 is 5.38. The highest BCUT2D eigenvalue weighted by Gasteiger charge is 2.21. The Bertz CT molecular complexity index is 518. The quantitative estimate of drug-likeness (QED) is 0.909. The minimum atomic E-state index is 0.201. The average Bonchev–Trinajstić information content (AvgIpc) is 2.98. The lowest BCUT2D eigenvalue weighted by Crippen LogP contribution is -2.20. The Morgan fingerprint density at radius 2 is 2.28 bits per heavy atom. The van der Waals surface area contributed by atoms with Crippen LogP contribution in [0, 0.1) is 0 Å². The number of nitrogens with one attached hydrogen (secondary N) is 1. The van der Waals surface area contributed by atoms with Crippen LogP contribution in [0.3, 0.4) is 0 Å². The Morgan fingerprint density at radius 1 is 1.50 bits per heavy atom. The summed E-state index contributed by atoms with van der Waals surface area (Å²) in [6.07, 6.45) is 0.974. The number of aryl methyl sites for hydroxylation is 2. The average molecular weight is 328 g/mol. The van der Waals surface area contributed by atoms with E-state index in [1.165, 1.54) is 10.6 Å². The van der Waals surface area contributed by atoms with E-state index in [9.17, 15) is 0 Å². The maximum Gasteiger partial charge on any atom is 0.0850 e. The van der Waals surface area contributed by atoms with Crippen LogP contribution in [-0.2, 0) is 13.0 Å². The molecule has 98 valence electrons. The van der Waals surface area contributed by atoms with E-state index in [4.69, 9.17) is 0 Å². The zero-order valence-electron chi connectivity index (χ0n) is 10.9. The highest BCUT2D eigenvalue weighted by atomic mass is 79.9. The van der Waals surface area contributed by atoms with Gasteiger partial charge in [-0.05, 0) is 53.8 Å². The molecule has 1 N–H and O–H groups in total. The van der Waals surface area contributed by atoms with Crippen LogP contribution >= 0.6 is 27.3 Å². The van der Waals surface area contributed by atoms with Crippen LogP contribution in [0.2, 0.25) is 0 Å². The molecule has 2 heterocycles. The van der Waals surface area contributed by atoms with Crippen molar-refractivity contribution in [3.63, 3.8) is 0 Å². The molecule has 2 aromatic heterocycles. The van der Waals surface area contributed by atoms with Gasteiger partial charge >= 0.3 is 0 Å². The van der Waals surface area contributed by atoms with Gasteiger partial charge in [0, 0.05) is 15.9 Å². The molecule has 0 bridgehead atoms. The van der Waals surface area contributed by atoms with Crippen molar-refractivity contribution in [1.82, 2.24) is 15.1 Å². The molecular weight excluding hydrogens is 310 g/mol. The molecule has 2 aromatic rings. The lowest BCUT2D eigenvalue weighted by molar-refractivity contribution is 0.563. The minimum Gasteiger partial charge on any atom is -0.307 e. The fourth-order valence-electron chi connectivity index (χ4n) is 2.07. The SMILES string of the molecule is CCc1cc(C(NC)c2sccc2Br)n(CC)n1. The van der Waals surface area contributed by atoms with Crippen molar-refractivity contribution >= 4 is 27.3 Å². The second-order valence-electron chi connectivity index (χ2n) is 4.08. The van der Waals surface area contributed by atoms with E-state index in [0.29, 0.717) is 0 Å². The Balaban J connectivity index is 2.44. The number of hydrogen-bond acceptors (Lipinski definition) is 3. The summed E-state index contributed by atoms with van der Waals surface area (Å²) in [5.74, 6) is 0. The second kappa shape index (κ2) is 5.99. The Hall–Kier alpha value is -0.650. The normalized spacial score (nSPS) is 12.9. The van der Waals surface area contributed by atoms with Crippen molar-refractivity contribution in [2.24, 2.45) is 0 Å². The number of aromatic nitrogens is 2. The number of thiophene rings is 1. The summed E-state index contributed by atoms with van der Waals surface area (Å²) in [5, 5.41) is 10.1. The van der Waals surface area contributed by atoms with E-state index in [1.54, 1.807) is 11.3 Å². The van der Waals surface area contributed by atoms with Crippen LogP contribution < -0.4 is 5.32 Å². The molecule has 0 aliphatic heterocycles. The first-order valence-electron chi connectivity index (χ1n) is 6.18. The number of hydrogen-bond donors (Lipinski definition) is 1. The highest BCUT2D eigenvalue weighted by molar-refractivity contribution is 9.10. The molecule has 18 heavy (non-hydrogen) atoms. The van der Waals surface area contributed by atoms with Crippen LogP contribution in [0.1, 0.15) is 36.2 Å². The molecule has 0 saturated carbocycles. The molecule has 0 saturated heterocycles. The van der Waals surface area contributed by atoms with E-state index in [0.717, 1.165) is 23.1 Å². The van der Waals surface area contributed by atoms with E-state index >= 15 is 0 Å². The second-order valence-corrected chi connectivity index (χ2v) is 5.89. The third-order valence-electron chi connectivity index (χ3n) is 3.01. The fraction of sp³-hybridized carbons (Fsp3) is 0.462. The molecular formula is C13H18BrN3S. The monoisotopic (exact) mass is 327 g/mol. The van der Waals surface area contributed by atoms with E-state index in [2.05, 4.69) is 62.4 Å². The lowest BCUT2D eigenvalue weighted by Gasteiger charge is -2.16. The maximum atomic E-state index is 4.62. The molecule has 2 rings (SSSR count). The van der Waals surface area contributed by atoms with Crippen molar-refractivity contribution in [2.75, 3.05) is 7.05 Å². The van der Waals surface area contributed by atoms with Crippen molar-refractivity contribution in [3.05, 3.63) is 38.3 Å². The van der Waals surface area contributed by atoms with Gasteiger partial charge in [-0.25, -0.2) is 0 Å². The molecule has 1 unspecified atom stereocenters. The first-order valence-corrected chi connectivity index (χ1v) is 7.85. The van der Waals surface area contributed by atoms with Gasteiger partial charge < -0.3 is 5.32 Å². The largest absolute Gasteiger partial charge is 0.307 e. The topological polar surface area (TPSA) is 29.9 Å². The summed E-state index contributed by atoms with van der Waals surface area (Å²) in [6.45, 7) is 5.17.